The molecule has 0 saturated carbocycles. The van der Waals surface area contributed by atoms with Gasteiger partial charge in [-0.3, -0.25) is 0 Å². The highest BCUT2D eigenvalue weighted by molar-refractivity contribution is 6.34. The summed E-state index contributed by atoms with van der Waals surface area (Å²) >= 11 is 11.8. The average Bonchev–Trinajstić information content (AvgIpc) is 2.28. The summed E-state index contributed by atoms with van der Waals surface area (Å²) in [6.45, 7) is 1.39. The fraction of sp³-hybridized carbons (Fsp3) is 0.500. The average molecular weight is 261 g/mol. The second-order valence-electron chi connectivity index (χ2n) is 4.12. The first-order valence-corrected chi connectivity index (χ1v) is 6.14. The van der Waals surface area contributed by atoms with Crippen LogP contribution in [0.15, 0.2) is 18.2 Å². The van der Waals surface area contributed by atoms with Crippen LogP contribution in [-0.4, -0.2) is 18.3 Å². The molecule has 0 bridgehead atoms. The summed E-state index contributed by atoms with van der Waals surface area (Å²) in [5.41, 5.74) is 0.771. The number of aliphatic hydroxyl groups is 1. The van der Waals surface area contributed by atoms with Crippen LogP contribution in [0, 0.1) is 5.92 Å². The van der Waals surface area contributed by atoms with Crippen LogP contribution < -0.4 is 0 Å². The van der Waals surface area contributed by atoms with Crippen LogP contribution in [-0.2, 0) is 4.74 Å². The number of halogens is 2. The summed E-state index contributed by atoms with van der Waals surface area (Å²) in [7, 11) is 0. The molecule has 1 aliphatic rings. The standard InChI is InChI=1S/C12H14Cl2O2/c13-10-4-9(5-11(14)6-10)12(15)8-2-1-3-16-7-8/h4-6,8,12,15H,1-3,7H2. The summed E-state index contributed by atoms with van der Waals surface area (Å²) in [5.74, 6) is 0.142. The zero-order valence-corrected chi connectivity index (χ0v) is 10.3. The first kappa shape index (κ1) is 12.2. The van der Waals surface area contributed by atoms with Gasteiger partial charge in [-0.15, -0.1) is 0 Å². The molecule has 0 amide bonds. The maximum atomic E-state index is 10.2. The largest absolute Gasteiger partial charge is 0.388 e. The van der Waals surface area contributed by atoms with Crippen LogP contribution in [0.4, 0.5) is 0 Å². The lowest BCUT2D eigenvalue weighted by Crippen LogP contribution is -2.23. The highest BCUT2D eigenvalue weighted by Gasteiger charge is 2.24. The van der Waals surface area contributed by atoms with Crippen LogP contribution in [0.25, 0.3) is 0 Å². The third-order valence-corrected chi connectivity index (χ3v) is 3.30. The van der Waals surface area contributed by atoms with Crippen molar-refractivity contribution >= 4 is 23.2 Å². The van der Waals surface area contributed by atoms with Crippen LogP contribution in [0.2, 0.25) is 10.0 Å². The summed E-state index contributed by atoms with van der Waals surface area (Å²) in [6, 6.07) is 5.18. The summed E-state index contributed by atoms with van der Waals surface area (Å²) in [4.78, 5) is 0. The number of ether oxygens (including phenoxy) is 1. The monoisotopic (exact) mass is 260 g/mol. The molecule has 0 aliphatic carbocycles. The van der Waals surface area contributed by atoms with Gasteiger partial charge in [-0.25, -0.2) is 0 Å². The van der Waals surface area contributed by atoms with Gasteiger partial charge < -0.3 is 9.84 Å². The van der Waals surface area contributed by atoms with Gasteiger partial charge in [0.15, 0.2) is 0 Å². The molecule has 1 heterocycles. The number of hydrogen-bond donors (Lipinski definition) is 1. The Morgan fingerprint density at radius 1 is 1.25 bits per heavy atom. The second kappa shape index (κ2) is 5.37. The Morgan fingerprint density at radius 3 is 2.50 bits per heavy atom. The molecule has 2 unspecified atom stereocenters. The van der Waals surface area contributed by atoms with Gasteiger partial charge in [0.05, 0.1) is 12.7 Å². The van der Waals surface area contributed by atoms with E-state index in [-0.39, 0.29) is 5.92 Å². The van der Waals surface area contributed by atoms with E-state index in [0.29, 0.717) is 16.7 Å². The van der Waals surface area contributed by atoms with Crippen molar-refractivity contribution in [1.29, 1.82) is 0 Å². The van der Waals surface area contributed by atoms with E-state index in [4.69, 9.17) is 27.9 Å². The molecule has 1 aromatic rings. The van der Waals surface area contributed by atoms with Crippen LogP contribution >= 0.6 is 23.2 Å². The van der Waals surface area contributed by atoms with Gasteiger partial charge in [-0.05, 0) is 36.6 Å². The molecule has 1 aromatic carbocycles. The van der Waals surface area contributed by atoms with Gasteiger partial charge in [0.2, 0.25) is 0 Å². The summed E-state index contributed by atoms with van der Waals surface area (Å²) in [5, 5.41) is 11.3. The third-order valence-electron chi connectivity index (χ3n) is 2.87. The minimum absolute atomic E-state index is 0.142. The Balaban J connectivity index is 2.15. The number of benzene rings is 1. The predicted octanol–water partition coefficient (Wildman–Crippen LogP) is 3.45. The Bertz CT molecular complexity index is 342. The minimum atomic E-state index is -0.545. The van der Waals surface area contributed by atoms with E-state index in [1.54, 1.807) is 18.2 Å². The fourth-order valence-corrected chi connectivity index (χ4v) is 2.58. The topological polar surface area (TPSA) is 29.5 Å². The van der Waals surface area contributed by atoms with Gasteiger partial charge in [-0.2, -0.15) is 0 Å². The molecule has 1 aliphatic heterocycles. The van der Waals surface area contributed by atoms with Crippen molar-refractivity contribution in [2.24, 2.45) is 5.92 Å². The highest BCUT2D eigenvalue weighted by Crippen LogP contribution is 2.31. The Kier molecular flexibility index (Phi) is 4.09. The van der Waals surface area contributed by atoms with Gasteiger partial charge in [0.1, 0.15) is 0 Å². The maximum Gasteiger partial charge on any atom is 0.0841 e. The molecule has 16 heavy (non-hydrogen) atoms. The third kappa shape index (κ3) is 2.89. The van der Waals surface area contributed by atoms with Crippen molar-refractivity contribution in [2.45, 2.75) is 18.9 Å². The van der Waals surface area contributed by atoms with Crippen LogP contribution in [0.1, 0.15) is 24.5 Å². The lowest BCUT2D eigenvalue weighted by molar-refractivity contribution is -0.00996. The summed E-state index contributed by atoms with van der Waals surface area (Å²) in [6.07, 6.45) is 1.43. The molecule has 0 spiro atoms. The lowest BCUT2D eigenvalue weighted by atomic mass is 9.91. The molecule has 2 nitrogen and oxygen atoms in total. The Labute approximate surface area is 105 Å². The fourth-order valence-electron chi connectivity index (χ4n) is 2.03. The molecule has 0 radical (unpaired) electrons. The van der Waals surface area contributed by atoms with Crippen molar-refractivity contribution in [3.8, 4) is 0 Å². The zero-order valence-electron chi connectivity index (χ0n) is 8.83. The second-order valence-corrected chi connectivity index (χ2v) is 5.00. The smallest absolute Gasteiger partial charge is 0.0841 e. The molecule has 1 N–H and O–H groups in total. The SMILES string of the molecule is OC(c1cc(Cl)cc(Cl)c1)C1CCCOC1. The van der Waals surface area contributed by atoms with Crippen LogP contribution in [0.3, 0.4) is 0 Å². The number of rotatable bonds is 2. The highest BCUT2D eigenvalue weighted by atomic mass is 35.5. The molecule has 2 atom stereocenters. The van der Waals surface area contributed by atoms with E-state index in [9.17, 15) is 5.11 Å². The van der Waals surface area contributed by atoms with Gasteiger partial charge in [0, 0.05) is 22.6 Å². The Hall–Kier alpha value is -0.280. The van der Waals surface area contributed by atoms with E-state index in [1.807, 2.05) is 0 Å². The minimum Gasteiger partial charge on any atom is -0.388 e. The zero-order chi connectivity index (χ0) is 11.5. The van der Waals surface area contributed by atoms with Gasteiger partial charge in [0.25, 0.3) is 0 Å². The van der Waals surface area contributed by atoms with E-state index >= 15 is 0 Å². The van der Waals surface area contributed by atoms with Crippen molar-refractivity contribution in [3.63, 3.8) is 0 Å². The lowest BCUT2D eigenvalue weighted by Gasteiger charge is -2.27. The Morgan fingerprint density at radius 2 is 1.94 bits per heavy atom. The molecule has 1 fully saturated rings. The first-order valence-electron chi connectivity index (χ1n) is 5.38. The summed E-state index contributed by atoms with van der Waals surface area (Å²) < 4.78 is 5.36. The molecule has 0 aromatic heterocycles. The molecule has 2 rings (SSSR count). The molecule has 4 heteroatoms. The van der Waals surface area contributed by atoms with Crippen molar-refractivity contribution < 1.29 is 9.84 Å². The first-order chi connectivity index (χ1) is 7.66. The maximum absolute atomic E-state index is 10.2. The predicted molar refractivity (Wildman–Crippen MR) is 65.0 cm³/mol. The van der Waals surface area contributed by atoms with E-state index in [1.165, 1.54) is 0 Å². The number of aliphatic hydroxyl groups excluding tert-OH is 1. The van der Waals surface area contributed by atoms with Gasteiger partial charge in [-0.1, -0.05) is 23.2 Å². The van der Waals surface area contributed by atoms with Gasteiger partial charge >= 0.3 is 0 Å². The molecular weight excluding hydrogens is 247 g/mol. The van der Waals surface area contributed by atoms with E-state index < -0.39 is 6.10 Å². The molecule has 1 saturated heterocycles. The van der Waals surface area contributed by atoms with Crippen LogP contribution in [0.5, 0.6) is 0 Å². The van der Waals surface area contributed by atoms with E-state index in [2.05, 4.69) is 0 Å². The van der Waals surface area contributed by atoms with Crippen molar-refractivity contribution in [1.82, 2.24) is 0 Å². The number of hydrogen-bond acceptors (Lipinski definition) is 2. The van der Waals surface area contributed by atoms with E-state index in [0.717, 1.165) is 25.0 Å². The molecular formula is C12H14Cl2O2. The van der Waals surface area contributed by atoms with Crippen molar-refractivity contribution in [3.05, 3.63) is 33.8 Å². The van der Waals surface area contributed by atoms with Crippen molar-refractivity contribution in [2.75, 3.05) is 13.2 Å². The quantitative estimate of drug-likeness (QED) is 0.883. The molecule has 88 valence electrons. The normalized spacial score (nSPS) is 23.1.